The van der Waals surface area contributed by atoms with Crippen molar-refractivity contribution >= 4 is 63.5 Å². The molecule has 0 radical (unpaired) electrons. The molecule has 2 aliphatic heterocycles. The Hall–Kier alpha value is -3.18. The van der Waals surface area contributed by atoms with Gasteiger partial charge in [-0.15, -0.1) is 33.3 Å². The van der Waals surface area contributed by atoms with Crippen molar-refractivity contribution in [2.45, 2.75) is 30.1 Å². The zero-order valence-corrected chi connectivity index (χ0v) is 19.4. The Bertz CT molecular complexity index is 1180. The van der Waals surface area contributed by atoms with Gasteiger partial charge in [0.05, 0.1) is 18.2 Å². The fraction of sp³-hybridized carbons (Fsp3) is 0.375. The van der Waals surface area contributed by atoms with Crippen molar-refractivity contribution in [3.63, 3.8) is 0 Å². The molecule has 1 saturated heterocycles. The van der Waals surface area contributed by atoms with Crippen LogP contribution in [0.2, 0.25) is 0 Å². The summed E-state index contributed by atoms with van der Waals surface area (Å²) < 4.78 is 0. The van der Waals surface area contributed by atoms with Crippen LogP contribution in [0.5, 0.6) is 0 Å². The van der Waals surface area contributed by atoms with Gasteiger partial charge in [-0.3, -0.25) is 14.5 Å². The number of nitrogens with one attached hydrogen (secondary N) is 1. The van der Waals surface area contributed by atoms with Gasteiger partial charge in [0, 0.05) is 10.3 Å². The Labute approximate surface area is 198 Å². The molecule has 2 aliphatic rings. The molecular weight excluding hydrogens is 494 g/mol. The smallest absolute Gasteiger partial charge is 0.353 e. The molecule has 5 N–H and O–H groups in total. The largest absolute Gasteiger partial charge is 0.477 e. The van der Waals surface area contributed by atoms with Crippen LogP contribution in [0.4, 0.5) is 5.13 Å². The van der Waals surface area contributed by atoms with E-state index in [1.165, 1.54) is 38.6 Å². The molecule has 0 bridgehead atoms. The first kappa shape index (κ1) is 23.0. The molecule has 4 rings (SSSR count). The highest BCUT2D eigenvalue weighted by molar-refractivity contribution is 8.17. The zero-order valence-electron chi connectivity index (χ0n) is 16.9. The standard InChI is InChI=1S/C16H17N9O5S3/c1-24-21-16(20-23-24)33-5-32-8-3-2-7-10(13(27)25(7)11(8)14(28)29)19-12(26)9(22-30)6-4-31-15(17)18-6/h4,7,10,30H,2-3,5H2,1H3,(H2,17,18)(H,19,26)(H,28,29)/b22-9-/t7-,10+/m1/s1. The van der Waals surface area contributed by atoms with E-state index in [1.54, 1.807) is 7.05 Å². The molecule has 14 nitrogen and oxygen atoms in total. The quantitative estimate of drug-likeness (QED) is 0.0901. The van der Waals surface area contributed by atoms with Crippen molar-refractivity contribution < 1.29 is 24.7 Å². The Morgan fingerprint density at radius 3 is 2.82 bits per heavy atom. The lowest BCUT2D eigenvalue weighted by molar-refractivity contribution is -0.155. The average Bonchev–Trinajstić information content (AvgIpc) is 3.39. The van der Waals surface area contributed by atoms with E-state index in [1.807, 2.05) is 0 Å². The number of amides is 2. The number of tetrazole rings is 1. The Morgan fingerprint density at radius 2 is 2.21 bits per heavy atom. The summed E-state index contributed by atoms with van der Waals surface area (Å²) >= 11 is 3.66. The van der Waals surface area contributed by atoms with E-state index in [2.05, 4.69) is 30.9 Å². The molecule has 2 aromatic rings. The third-order valence-electron chi connectivity index (χ3n) is 4.87. The van der Waals surface area contributed by atoms with Gasteiger partial charge in [0.25, 0.3) is 11.8 Å². The number of anilines is 1. The summed E-state index contributed by atoms with van der Waals surface area (Å²) in [7, 11) is 1.64. The number of oxime groups is 1. The Morgan fingerprint density at radius 1 is 1.42 bits per heavy atom. The highest BCUT2D eigenvalue weighted by atomic mass is 32.2. The topological polar surface area (TPSA) is 202 Å². The number of thioether (sulfide) groups is 2. The third-order valence-corrected chi connectivity index (χ3v) is 7.66. The van der Waals surface area contributed by atoms with E-state index in [0.717, 1.165) is 11.3 Å². The van der Waals surface area contributed by atoms with E-state index in [0.29, 0.717) is 28.0 Å². The summed E-state index contributed by atoms with van der Waals surface area (Å²) in [6, 6.07) is -1.46. The number of carboxylic acid groups (broad SMARTS) is 1. The summed E-state index contributed by atoms with van der Waals surface area (Å²) in [6.07, 6.45) is 0.879. The number of carbonyl (C=O) groups is 3. The minimum Gasteiger partial charge on any atom is -0.477 e. The second kappa shape index (κ2) is 9.36. The van der Waals surface area contributed by atoms with Gasteiger partial charge in [-0.25, -0.2) is 9.78 Å². The zero-order chi connectivity index (χ0) is 23.7. The van der Waals surface area contributed by atoms with E-state index in [4.69, 9.17) is 5.73 Å². The van der Waals surface area contributed by atoms with E-state index in [-0.39, 0.29) is 22.2 Å². The first-order valence-electron chi connectivity index (χ1n) is 9.33. The van der Waals surface area contributed by atoms with Crippen LogP contribution in [0.3, 0.4) is 0 Å². The molecule has 0 aliphatic carbocycles. The number of aliphatic carboxylic acids is 1. The van der Waals surface area contributed by atoms with Crippen molar-refractivity contribution in [1.82, 2.24) is 35.4 Å². The fourth-order valence-corrected chi connectivity index (χ4v) is 6.09. The highest BCUT2D eigenvalue weighted by Gasteiger charge is 2.53. The average molecular weight is 512 g/mol. The number of carboxylic acids is 1. The van der Waals surface area contributed by atoms with Gasteiger partial charge in [0.15, 0.2) is 10.8 Å². The van der Waals surface area contributed by atoms with Gasteiger partial charge in [0.1, 0.15) is 17.4 Å². The first-order valence-corrected chi connectivity index (χ1v) is 12.2. The van der Waals surface area contributed by atoms with E-state index >= 15 is 0 Å². The second-order valence-corrected chi connectivity index (χ2v) is 10.1. The van der Waals surface area contributed by atoms with Gasteiger partial charge < -0.3 is 21.4 Å². The van der Waals surface area contributed by atoms with Gasteiger partial charge in [-0.2, -0.15) is 4.80 Å². The van der Waals surface area contributed by atoms with Crippen LogP contribution in [0.25, 0.3) is 0 Å². The molecule has 1 fully saturated rings. The Balaban J connectivity index is 1.43. The number of nitrogen functional groups attached to an aromatic ring is 1. The molecule has 33 heavy (non-hydrogen) atoms. The van der Waals surface area contributed by atoms with Crippen LogP contribution in [0.15, 0.2) is 26.3 Å². The first-order chi connectivity index (χ1) is 15.8. The number of aryl methyl sites for hydroxylation is 1. The van der Waals surface area contributed by atoms with Crippen molar-refractivity contribution in [3.05, 3.63) is 21.7 Å². The monoisotopic (exact) mass is 511 g/mol. The van der Waals surface area contributed by atoms with E-state index < -0.39 is 29.9 Å². The molecule has 2 amide bonds. The minimum absolute atomic E-state index is 0.0738. The number of β-lactam (4-membered cyclic amide) rings is 1. The maximum Gasteiger partial charge on any atom is 0.353 e. The molecule has 2 aromatic heterocycles. The number of fused-ring (bicyclic) bond motifs is 1. The van der Waals surface area contributed by atoms with Crippen LogP contribution in [-0.4, -0.2) is 81.1 Å². The number of nitrogens with zero attached hydrogens (tertiary/aromatic N) is 7. The number of nitrogens with two attached hydrogens (primary N) is 1. The van der Waals surface area contributed by atoms with Crippen molar-refractivity contribution in [3.8, 4) is 0 Å². The highest BCUT2D eigenvalue weighted by Crippen LogP contribution is 2.42. The fourth-order valence-electron chi connectivity index (χ4n) is 3.47. The second-order valence-electron chi connectivity index (χ2n) is 6.83. The summed E-state index contributed by atoms with van der Waals surface area (Å²) in [4.78, 5) is 44.2. The van der Waals surface area contributed by atoms with Crippen LogP contribution in [0.1, 0.15) is 18.5 Å². The number of aromatic nitrogens is 5. The lowest BCUT2D eigenvalue weighted by Crippen LogP contribution is -2.72. The maximum absolute atomic E-state index is 12.8. The summed E-state index contributed by atoms with van der Waals surface area (Å²) in [5, 5.41) is 38.6. The molecular formula is C16H17N9O5S3. The number of hydrogen-bond acceptors (Lipinski definition) is 13. The SMILES string of the molecule is Cn1nnc(SCSC2=C(C(=O)O)N3C(=O)[C@@H](NC(=O)/C(=N\O)c4csc(N)n4)[C@H]3CC2)n1. The molecule has 2 atom stereocenters. The van der Waals surface area contributed by atoms with E-state index in [9.17, 15) is 24.7 Å². The molecule has 4 heterocycles. The summed E-state index contributed by atoms with van der Waals surface area (Å²) in [6.45, 7) is 0. The van der Waals surface area contributed by atoms with Gasteiger partial charge in [-0.1, -0.05) is 16.9 Å². The number of allylic oxidation sites excluding steroid dienone is 1. The van der Waals surface area contributed by atoms with Gasteiger partial charge in [-0.05, 0) is 18.1 Å². The molecule has 0 saturated carbocycles. The van der Waals surface area contributed by atoms with Crippen LogP contribution < -0.4 is 11.1 Å². The van der Waals surface area contributed by atoms with Crippen LogP contribution in [0, 0.1) is 0 Å². The van der Waals surface area contributed by atoms with Crippen molar-refractivity contribution in [2.24, 2.45) is 12.2 Å². The molecule has 174 valence electrons. The lowest BCUT2D eigenvalue weighted by atomic mass is 9.86. The van der Waals surface area contributed by atoms with Crippen LogP contribution >= 0.6 is 34.9 Å². The number of hydrogen-bond donors (Lipinski definition) is 4. The van der Waals surface area contributed by atoms with Crippen LogP contribution in [-0.2, 0) is 21.4 Å². The molecule has 0 unspecified atom stereocenters. The minimum atomic E-state index is -1.22. The van der Waals surface area contributed by atoms with Crippen molar-refractivity contribution in [1.29, 1.82) is 0 Å². The van der Waals surface area contributed by atoms with Crippen molar-refractivity contribution in [2.75, 3.05) is 10.8 Å². The predicted octanol–water partition coefficient (Wildman–Crippen LogP) is -0.304. The van der Waals surface area contributed by atoms with Gasteiger partial charge in [0.2, 0.25) is 5.16 Å². The Kier molecular flexibility index (Phi) is 6.52. The number of rotatable bonds is 8. The normalized spacial score (nSPS) is 20.5. The van der Waals surface area contributed by atoms with Gasteiger partial charge >= 0.3 is 5.97 Å². The lowest BCUT2D eigenvalue weighted by Gasteiger charge is -2.50. The number of carbonyl (C=O) groups excluding carboxylic acids is 2. The predicted molar refractivity (Wildman–Crippen MR) is 118 cm³/mol. The summed E-state index contributed by atoms with van der Waals surface area (Å²) in [5.41, 5.74) is 5.14. The molecule has 0 spiro atoms. The molecule has 0 aromatic carbocycles. The number of thiazole rings is 1. The third kappa shape index (κ3) is 4.51. The molecule has 17 heteroatoms. The summed E-state index contributed by atoms with van der Waals surface area (Å²) in [5.74, 6) is -2.59. The maximum atomic E-state index is 12.8.